The van der Waals surface area contributed by atoms with Gasteiger partial charge in [0.05, 0.1) is 0 Å². The second-order valence-corrected chi connectivity index (χ2v) is 4.59. The van der Waals surface area contributed by atoms with Gasteiger partial charge in [0.2, 0.25) is 5.75 Å². The lowest BCUT2D eigenvalue weighted by Crippen LogP contribution is -1.95. The van der Waals surface area contributed by atoms with Crippen molar-refractivity contribution in [2.75, 3.05) is 0 Å². The first-order valence-electron chi connectivity index (χ1n) is 5.35. The van der Waals surface area contributed by atoms with Gasteiger partial charge in [-0.15, -0.1) is 0 Å². The molecule has 0 atom stereocenters. The fraction of sp³-hybridized carbons (Fsp3) is 0.300. The number of hydrogen-bond donors (Lipinski definition) is 0. The highest BCUT2D eigenvalue weighted by atomic mass is 32.1. The molecule has 1 fully saturated rings. The maximum absolute atomic E-state index is 10.8. The van der Waals surface area contributed by atoms with Crippen molar-refractivity contribution in [2.24, 2.45) is 0 Å². The van der Waals surface area contributed by atoms with Crippen LogP contribution in [0.3, 0.4) is 0 Å². The van der Waals surface area contributed by atoms with Crippen molar-refractivity contribution >= 4 is 17.4 Å². The second-order valence-electron chi connectivity index (χ2n) is 3.88. The summed E-state index contributed by atoms with van der Waals surface area (Å²) in [4.78, 5) is 18.0. The lowest BCUT2D eigenvalue weighted by molar-refractivity contribution is -0.390. The minimum atomic E-state index is -0.585. The fourth-order valence-electron chi connectivity index (χ4n) is 1.46. The van der Waals surface area contributed by atoms with Gasteiger partial charge in [-0.05, 0) is 34.9 Å². The number of nitro groups is 1. The first-order valence-corrected chi connectivity index (χ1v) is 6.12. The van der Waals surface area contributed by atoms with E-state index in [-0.39, 0.29) is 11.6 Å². The Kier molecular flexibility index (Phi) is 2.63. The van der Waals surface area contributed by atoms with Crippen LogP contribution in [0.15, 0.2) is 18.3 Å². The Morgan fingerprint density at radius 2 is 2.33 bits per heavy atom. The summed E-state index contributed by atoms with van der Waals surface area (Å²) in [5.41, 5.74) is 0. The van der Waals surface area contributed by atoms with Crippen LogP contribution < -0.4 is 4.74 Å². The smallest absolute Gasteiger partial charge is 0.406 e. The molecule has 0 aromatic carbocycles. The van der Waals surface area contributed by atoms with E-state index in [1.807, 2.05) is 0 Å². The molecule has 8 heteroatoms. The summed E-state index contributed by atoms with van der Waals surface area (Å²) < 4.78 is 9.53. The number of aromatic nitrogens is 3. The molecule has 0 aliphatic heterocycles. The molecule has 0 spiro atoms. The van der Waals surface area contributed by atoms with Gasteiger partial charge in [-0.3, -0.25) is 0 Å². The largest absolute Gasteiger partial charge is 0.421 e. The van der Waals surface area contributed by atoms with Gasteiger partial charge in [0.15, 0.2) is 0 Å². The van der Waals surface area contributed by atoms with Crippen LogP contribution in [0, 0.1) is 10.1 Å². The Labute approximate surface area is 106 Å². The first kappa shape index (κ1) is 11.0. The summed E-state index contributed by atoms with van der Waals surface area (Å²) >= 11 is 1.10. The zero-order valence-electron chi connectivity index (χ0n) is 9.15. The molecule has 2 aromatic rings. The molecule has 92 valence electrons. The third-order valence-electron chi connectivity index (χ3n) is 2.49. The van der Waals surface area contributed by atoms with Crippen LogP contribution in [0.25, 0.3) is 0 Å². The standard InChI is InChI=1S/C10H8N4O3S/c15-14(16)9-7(2-1-5-11-9)17-10-12-8(13-18-10)6-3-4-6/h1-2,5-6H,3-4H2. The van der Waals surface area contributed by atoms with Crippen LogP contribution in [0.1, 0.15) is 24.6 Å². The van der Waals surface area contributed by atoms with E-state index in [2.05, 4.69) is 14.3 Å². The normalized spacial score (nSPS) is 14.4. The number of nitrogens with zero attached hydrogens (tertiary/aromatic N) is 4. The highest BCUT2D eigenvalue weighted by Gasteiger charge is 2.28. The van der Waals surface area contributed by atoms with Crippen LogP contribution in [0.2, 0.25) is 0 Å². The Morgan fingerprint density at radius 1 is 1.50 bits per heavy atom. The molecule has 2 aromatic heterocycles. The Hall–Kier alpha value is -2.09. The number of pyridine rings is 1. The van der Waals surface area contributed by atoms with E-state index >= 15 is 0 Å². The van der Waals surface area contributed by atoms with E-state index in [0.29, 0.717) is 11.1 Å². The molecule has 1 aliphatic carbocycles. The van der Waals surface area contributed by atoms with E-state index in [9.17, 15) is 10.1 Å². The average Bonchev–Trinajstić information content (AvgIpc) is 3.11. The van der Waals surface area contributed by atoms with Crippen LogP contribution >= 0.6 is 11.5 Å². The third-order valence-corrected chi connectivity index (χ3v) is 3.10. The summed E-state index contributed by atoms with van der Waals surface area (Å²) in [5.74, 6) is 0.964. The van der Waals surface area contributed by atoms with Crippen molar-refractivity contribution in [1.82, 2.24) is 14.3 Å². The fourth-order valence-corrected chi connectivity index (χ4v) is 2.08. The van der Waals surface area contributed by atoms with E-state index in [1.165, 1.54) is 12.3 Å². The average molecular weight is 264 g/mol. The van der Waals surface area contributed by atoms with E-state index < -0.39 is 4.92 Å². The minimum Gasteiger partial charge on any atom is -0.421 e. The van der Waals surface area contributed by atoms with E-state index in [1.54, 1.807) is 6.07 Å². The molecular weight excluding hydrogens is 256 g/mol. The monoisotopic (exact) mass is 264 g/mol. The van der Waals surface area contributed by atoms with E-state index in [4.69, 9.17) is 4.74 Å². The first-order chi connectivity index (χ1) is 8.74. The Morgan fingerprint density at radius 3 is 3.06 bits per heavy atom. The molecule has 18 heavy (non-hydrogen) atoms. The molecule has 0 N–H and O–H groups in total. The predicted molar refractivity (Wildman–Crippen MR) is 62.8 cm³/mol. The molecule has 1 saturated carbocycles. The van der Waals surface area contributed by atoms with E-state index in [0.717, 1.165) is 30.2 Å². The Bertz CT molecular complexity index is 596. The summed E-state index contributed by atoms with van der Waals surface area (Å²) in [7, 11) is 0. The van der Waals surface area contributed by atoms with Crippen molar-refractivity contribution in [1.29, 1.82) is 0 Å². The highest BCUT2D eigenvalue weighted by Crippen LogP contribution is 2.40. The second kappa shape index (κ2) is 4.30. The van der Waals surface area contributed by atoms with Gasteiger partial charge >= 0.3 is 5.82 Å². The summed E-state index contributed by atoms with van der Waals surface area (Å²) in [5, 5.41) is 11.1. The topological polar surface area (TPSA) is 91.0 Å². The zero-order valence-corrected chi connectivity index (χ0v) is 9.96. The van der Waals surface area contributed by atoms with Gasteiger partial charge in [0, 0.05) is 17.5 Å². The molecule has 7 nitrogen and oxygen atoms in total. The van der Waals surface area contributed by atoms with Crippen molar-refractivity contribution in [3.8, 4) is 10.9 Å². The van der Waals surface area contributed by atoms with Crippen molar-refractivity contribution in [3.05, 3.63) is 34.3 Å². The molecule has 0 unspecified atom stereocenters. The quantitative estimate of drug-likeness (QED) is 0.622. The zero-order chi connectivity index (χ0) is 12.5. The van der Waals surface area contributed by atoms with Crippen LogP contribution in [-0.2, 0) is 0 Å². The van der Waals surface area contributed by atoms with Gasteiger partial charge in [-0.2, -0.15) is 9.36 Å². The minimum absolute atomic E-state index is 0.0843. The summed E-state index contributed by atoms with van der Waals surface area (Å²) in [6.07, 6.45) is 3.55. The van der Waals surface area contributed by atoms with Gasteiger partial charge in [-0.25, -0.2) is 0 Å². The molecule has 0 amide bonds. The van der Waals surface area contributed by atoms with Gasteiger partial charge in [0.1, 0.15) is 12.0 Å². The van der Waals surface area contributed by atoms with Crippen LogP contribution in [0.4, 0.5) is 5.82 Å². The van der Waals surface area contributed by atoms with Crippen molar-refractivity contribution in [2.45, 2.75) is 18.8 Å². The lowest BCUT2D eigenvalue weighted by Gasteiger charge is -2.00. The van der Waals surface area contributed by atoms with Crippen molar-refractivity contribution < 1.29 is 9.66 Å². The number of hydrogen-bond acceptors (Lipinski definition) is 7. The molecule has 0 radical (unpaired) electrons. The highest BCUT2D eigenvalue weighted by molar-refractivity contribution is 7.07. The molecule has 0 saturated heterocycles. The maximum atomic E-state index is 10.8. The van der Waals surface area contributed by atoms with Gasteiger partial charge in [0.25, 0.3) is 5.19 Å². The predicted octanol–water partition coefficient (Wildman–Crippen LogP) is 2.51. The van der Waals surface area contributed by atoms with Crippen molar-refractivity contribution in [3.63, 3.8) is 0 Å². The number of ether oxygens (including phenoxy) is 1. The maximum Gasteiger partial charge on any atom is 0.406 e. The summed E-state index contributed by atoms with van der Waals surface area (Å²) in [6, 6.07) is 3.06. The molecule has 1 aliphatic rings. The molecular formula is C10H8N4O3S. The molecule has 3 rings (SSSR count). The van der Waals surface area contributed by atoms with Gasteiger partial charge < -0.3 is 14.9 Å². The van der Waals surface area contributed by atoms with Crippen LogP contribution in [0.5, 0.6) is 10.9 Å². The lowest BCUT2D eigenvalue weighted by atomic mass is 10.4. The Balaban J connectivity index is 1.84. The summed E-state index contributed by atoms with van der Waals surface area (Å²) in [6.45, 7) is 0. The SMILES string of the molecule is O=[N+]([O-])c1ncccc1Oc1nc(C2CC2)ns1. The molecule has 0 bridgehead atoms. The van der Waals surface area contributed by atoms with Gasteiger partial charge in [-0.1, -0.05) is 0 Å². The molecule has 2 heterocycles. The third kappa shape index (κ3) is 2.14. The van der Waals surface area contributed by atoms with Crippen LogP contribution in [-0.4, -0.2) is 19.3 Å². The number of rotatable bonds is 4.